The van der Waals surface area contributed by atoms with Gasteiger partial charge in [-0.2, -0.15) is 4.39 Å². The minimum Gasteiger partial charge on any atom is -0.493 e. The van der Waals surface area contributed by atoms with Gasteiger partial charge >= 0.3 is 5.69 Å². The summed E-state index contributed by atoms with van der Waals surface area (Å²) >= 11 is 0. The standard InChI is InChI=1S/C16H13FN4O4.ClH/c1-24-14-6-10-12(7-15(14)25-2)18-8-19-16(10)20-9-3-4-11(17)13(5-9)21(22)23;/h3-8H,1-2H3,(H,18,19,20);1H. The van der Waals surface area contributed by atoms with Crippen LogP contribution in [0.5, 0.6) is 11.5 Å². The third-order valence-corrected chi connectivity index (χ3v) is 3.55. The van der Waals surface area contributed by atoms with Crippen molar-refractivity contribution >= 4 is 40.5 Å². The van der Waals surface area contributed by atoms with Gasteiger partial charge in [0.05, 0.1) is 24.7 Å². The molecule has 136 valence electrons. The lowest BCUT2D eigenvalue weighted by atomic mass is 10.2. The van der Waals surface area contributed by atoms with Crippen LogP contribution in [-0.2, 0) is 0 Å². The van der Waals surface area contributed by atoms with Crippen molar-refractivity contribution in [3.8, 4) is 11.5 Å². The summed E-state index contributed by atoms with van der Waals surface area (Å²) in [4.78, 5) is 18.4. The zero-order valence-electron chi connectivity index (χ0n) is 13.7. The smallest absolute Gasteiger partial charge is 0.306 e. The number of hydrogen-bond acceptors (Lipinski definition) is 7. The van der Waals surface area contributed by atoms with E-state index >= 15 is 0 Å². The minimum atomic E-state index is -0.908. The Kier molecular flexibility index (Phi) is 5.73. The molecule has 0 aliphatic heterocycles. The number of nitrogens with zero attached hydrogens (tertiary/aromatic N) is 3. The predicted octanol–water partition coefficient (Wildman–Crippen LogP) is 3.86. The monoisotopic (exact) mass is 380 g/mol. The number of nitro groups is 1. The summed E-state index contributed by atoms with van der Waals surface area (Å²) in [6, 6.07) is 6.89. The molecule has 0 atom stereocenters. The summed E-state index contributed by atoms with van der Waals surface area (Å²) in [6.07, 6.45) is 1.34. The summed E-state index contributed by atoms with van der Waals surface area (Å²) in [5.41, 5.74) is 0.289. The van der Waals surface area contributed by atoms with E-state index < -0.39 is 16.4 Å². The number of anilines is 2. The number of hydrogen-bond donors (Lipinski definition) is 1. The molecule has 1 aromatic heterocycles. The lowest BCUT2D eigenvalue weighted by molar-refractivity contribution is -0.387. The van der Waals surface area contributed by atoms with Crippen LogP contribution in [0.1, 0.15) is 0 Å². The average molecular weight is 381 g/mol. The number of nitro benzene ring substituents is 1. The van der Waals surface area contributed by atoms with E-state index in [0.29, 0.717) is 33.9 Å². The van der Waals surface area contributed by atoms with Crippen LogP contribution in [0.2, 0.25) is 0 Å². The highest BCUT2D eigenvalue weighted by Crippen LogP contribution is 2.34. The molecule has 0 bridgehead atoms. The fraction of sp³-hybridized carbons (Fsp3) is 0.125. The van der Waals surface area contributed by atoms with Gasteiger partial charge in [-0.3, -0.25) is 10.1 Å². The first-order valence-electron chi connectivity index (χ1n) is 7.11. The van der Waals surface area contributed by atoms with Crippen LogP contribution in [0.25, 0.3) is 10.9 Å². The highest BCUT2D eigenvalue weighted by Gasteiger charge is 2.16. The highest BCUT2D eigenvalue weighted by atomic mass is 35.5. The van der Waals surface area contributed by atoms with Crippen LogP contribution in [0.4, 0.5) is 21.6 Å². The van der Waals surface area contributed by atoms with E-state index in [0.717, 1.165) is 12.1 Å². The molecule has 1 N–H and O–H groups in total. The molecule has 0 fully saturated rings. The number of fused-ring (bicyclic) bond motifs is 1. The fourth-order valence-corrected chi connectivity index (χ4v) is 2.35. The second kappa shape index (κ2) is 7.79. The second-order valence-electron chi connectivity index (χ2n) is 4.99. The van der Waals surface area contributed by atoms with Crippen LogP contribution >= 0.6 is 12.4 Å². The van der Waals surface area contributed by atoms with E-state index in [1.807, 2.05) is 0 Å². The van der Waals surface area contributed by atoms with Gasteiger partial charge in [-0.05, 0) is 18.2 Å². The van der Waals surface area contributed by atoms with Crippen LogP contribution in [-0.4, -0.2) is 29.1 Å². The first-order chi connectivity index (χ1) is 12.0. The molecule has 26 heavy (non-hydrogen) atoms. The van der Waals surface area contributed by atoms with E-state index in [4.69, 9.17) is 9.47 Å². The van der Waals surface area contributed by atoms with Crippen LogP contribution < -0.4 is 14.8 Å². The number of aromatic nitrogens is 2. The van der Waals surface area contributed by atoms with E-state index in [1.54, 1.807) is 12.1 Å². The quantitative estimate of drug-likeness (QED) is 0.530. The Morgan fingerprint density at radius 1 is 1.12 bits per heavy atom. The van der Waals surface area contributed by atoms with Gasteiger partial charge in [-0.1, -0.05) is 0 Å². The normalized spacial score (nSPS) is 10.1. The SMILES string of the molecule is COc1cc2ncnc(Nc3ccc(F)c([N+](=O)[O-])c3)c2cc1OC.Cl. The number of nitrogens with one attached hydrogen (secondary N) is 1. The summed E-state index contributed by atoms with van der Waals surface area (Å²) in [7, 11) is 3.02. The zero-order chi connectivity index (χ0) is 18.0. The maximum atomic E-state index is 13.5. The lowest BCUT2D eigenvalue weighted by Crippen LogP contribution is -1.99. The van der Waals surface area contributed by atoms with Crippen molar-refractivity contribution in [1.82, 2.24) is 9.97 Å². The summed E-state index contributed by atoms with van der Waals surface area (Å²) in [5, 5.41) is 14.4. The summed E-state index contributed by atoms with van der Waals surface area (Å²) in [5.74, 6) is 0.483. The number of ether oxygens (including phenoxy) is 2. The molecule has 3 aromatic rings. The van der Waals surface area contributed by atoms with Gasteiger partial charge in [-0.15, -0.1) is 12.4 Å². The van der Waals surface area contributed by atoms with E-state index in [1.165, 1.54) is 26.6 Å². The molecule has 10 heteroatoms. The Labute approximate surface area is 153 Å². The van der Waals surface area contributed by atoms with E-state index in [2.05, 4.69) is 15.3 Å². The number of halogens is 2. The maximum Gasteiger partial charge on any atom is 0.306 e. The van der Waals surface area contributed by atoms with Gasteiger partial charge in [0.1, 0.15) is 12.1 Å². The molecule has 0 spiro atoms. The minimum absolute atomic E-state index is 0. The highest BCUT2D eigenvalue weighted by molar-refractivity contribution is 5.93. The molecule has 0 aliphatic carbocycles. The Hall–Kier alpha value is -3.20. The molecular weight excluding hydrogens is 367 g/mol. The predicted molar refractivity (Wildman–Crippen MR) is 96.2 cm³/mol. The van der Waals surface area contributed by atoms with Crippen LogP contribution in [0.15, 0.2) is 36.7 Å². The second-order valence-corrected chi connectivity index (χ2v) is 4.99. The number of rotatable bonds is 5. The van der Waals surface area contributed by atoms with Crippen molar-refractivity contribution in [2.45, 2.75) is 0 Å². The molecule has 3 rings (SSSR count). The lowest BCUT2D eigenvalue weighted by Gasteiger charge is -2.12. The van der Waals surface area contributed by atoms with Crippen LogP contribution in [0, 0.1) is 15.9 Å². The molecule has 8 nitrogen and oxygen atoms in total. The Bertz CT molecular complexity index is 970. The van der Waals surface area contributed by atoms with Gasteiger partial charge in [0.15, 0.2) is 11.5 Å². The van der Waals surface area contributed by atoms with E-state index in [-0.39, 0.29) is 12.4 Å². The first kappa shape index (κ1) is 19.1. The molecule has 1 heterocycles. The van der Waals surface area contributed by atoms with Gasteiger partial charge in [0.25, 0.3) is 0 Å². The van der Waals surface area contributed by atoms with Crippen molar-refractivity contribution in [3.63, 3.8) is 0 Å². The summed E-state index contributed by atoms with van der Waals surface area (Å²) < 4.78 is 24.0. The molecule has 0 aliphatic rings. The topological polar surface area (TPSA) is 99.4 Å². The molecule has 0 amide bonds. The Morgan fingerprint density at radius 3 is 2.46 bits per heavy atom. The van der Waals surface area contributed by atoms with Crippen molar-refractivity contribution in [3.05, 3.63) is 52.6 Å². The zero-order valence-corrected chi connectivity index (χ0v) is 14.5. The maximum absolute atomic E-state index is 13.5. The van der Waals surface area contributed by atoms with Crippen molar-refractivity contribution in [1.29, 1.82) is 0 Å². The largest absolute Gasteiger partial charge is 0.493 e. The summed E-state index contributed by atoms with van der Waals surface area (Å²) in [6.45, 7) is 0. The fourth-order valence-electron chi connectivity index (χ4n) is 2.35. The number of benzene rings is 2. The average Bonchev–Trinajstić information content (AvgIpc) is 2.62. The van der Waals surface area contributed by atoms with Crippen LogP contribution in [0.3, 0.4) is 0 Å². The Balaban J connectivity index is 0.00000243. The molecular formula is C16H14ClFN4O4. The van der Waals surface area contributed by atoms with Crippen molar-refractivity contribution in [2.24, 2.45) is 0 Å². The van der Waals surface area contributed by atoms with Gasteiger partial charge in [0.2, 0.25) is 5.82 Å². The third kappa shape index (κ3) is 3.57. The van der Waals surface area contributed by atoms with E-state index in [9.17, 15) is 14.5 Å². The molecule has 2 aromatic carbocycles. The molecule has 0 saturated carbocycles. The molecule has 0 unspecified atom stereocenters. The molecule has 0 radical (unpaired) electrons. The van der Waals surface area contributed by atoms with Gasteiger partial charge < -0.3 is 14.8 Å². The third-order valence-electron chi connectivity index (χ3n) is 3.55. The molecule has 0 saturated heterocycles. The van der Waals surface area contributed by atoms with Crippen molar-refractivity contribution < 1.29 is 18.8 Å². The van der Waals surface area contributed by atoms with Gasteiger partial charge in [-0.25, -0.2) is 9.97 Å². The van der Waals surface area contributed by atoms with Gasteiger partial charge in [0, 0.05) is 23.2 Å². The van der Waals surface area contributed by atoms with Crippen molar-refractivity contribution in [2.75, 3.05) is 19.5 Å². The number of methoxy groups -OCH3 is 2. The first-order valence-corrected chi connectivity index (χ1v) is 7.11. The Morgan fingerprint density at radius 2 is 1.81 bits per heavy atom.